The second kappa shape index (κ2) is 5.59. The molecule has 0 aliphatic rings. The van der Waals surface area contributed by atoms with Crippen molar-refractivity contribution in [2.24, 2.45) is 5.73 Å². The van der Waals surface area contributed by atoms with Gasteiger partial charge in [0.25, 0.3) is 0 Å². The fourth-order valence-corrected chi connectivity index (χ4v) is 1.66. The Balaban J connectivity index is 3.15. The van der Waals surface area contributed by atoms with Crippen LogP contribution < -0.4 is 10.5 Å². The average molecular weight is 248 g/mol. The van der Waals surface area contributed by atoms with Crippen LogP contribution in [0.1, 0.15) is 31.9 Å². The summed E-state index contributed by atoms with van der Waals surface area (Å²) in [5, 5.41) is 1.01. The summed E-state index contributed by atoms with van der Waals surface area (Å²) >= 11 is 11.9. The first-order valence-corrected chi connectivity index (χ1v) is 5.73. The van der Waals surface area contributed by atoms with Crippen LogP contribution in [0.5, 0.6) is 5.75 Å². The monoisotopic (exact) mass is 247 g/mol. The topological polar surface area (TPSA) is 35.2 Å². The smallest absolute Gasteiger partial charge is 0.125 e. The highest BCUT2D eigenvalue weighted by atomic mass is 35.5. The zero-order chi connectivity index (χ0) is 11.4. The Morgan fingerprint density at radius 1 is 1.27 bits per heavy atom. The van der Waals surface area contributed by atoms with Gasteiger partial charge in [-0.2, -0.15) is 0 Å². The number of halogens is 2. The number of hydrogen-bond donors (Lipinski definition) is 1. The van der Waals surface area contributed by atoms with Gasteiger partial charge in [0, 0.05) is 17.7 Å². The maximum Gasteiger partial charge on any atom is 0.125 e. The van der Waals surface area contributed by atoms with Crippen LogP contribution in [0.25, 0.3) is 0 Å². The van der Waals surface area contributed by atoms with E-state index in [2.05, 4.69) is 0 Å². The predicted molar refractivity (Wildman–Crippen MR) is 64.9 cm³/mol. The molecule has 0 spiro atoms. The maximum absolute atomic E-state index is 5.96. The number of rotatable bonds is 4. The number of ether oxygens (including phenoxy) is 1. The summed E-state index contributed by atoms with van der Waals surface area (Å²) in [4.78, 5) is 0. The van der Waals surface area contributed by atoms with Crippen LogP contribution in [0.2, 0.25) is 10.0 Å². The van der Waals surface area contributed by atoms with Crippen molar-refractivity contribution in [2.75, 3.05) is 6.61 Å². The van der Waals surface area contributed by atoms with Crippen molar-refractivity contribution < 1.29 is 4.74 Å². The van der Waals surface area contributed by atoms with Crippen molar-refractivity contribution in [2.45, 2.75) is 26.3 Å². The van der Waals surface area contributed by atoms with Crippen LogP contribution in [0, 0.1) is 0 Å². The van der Waals surface area contributed by atoms with Crippen molar-refractivity contribution in [3.63, 3.8) is 0 Å². The van der Waals surface area contributed by atoms with Gasteiger partial charge in [0.15, 0.2) is 0 Å². The van der Waals surface area contributed by atoms with Crippen LogP contribution in [0.4, 0.5) is 0 Å². The Labute approximate surface area is 100 Å². The van der Waals surface area contributed by atoms with Gasteiger partial charge in [-0.15, -0.1) is 0 Å². The van der Waals surface area contributed by atoms with Gasteiger partial charge >= 0.3 is 0 Å². The van der Waals surface area contributed by atoms with E-state index in [1.807, 2.05) is 13.8 Å². The molecule has 1 unspecified atom stereocenters. The highest BCUT2D eigenvalue weighted by molar-refractivity contribution is 6.42. The van der Waals surface area contributed by atoms with Crippen molar-refractivity contribution in [3.8, 4) is 5.75 Å². The summed E-state index contributed by atoms with van der Waals surface area (Å²) in [6, 6.07) is 3.43. The lowest BCUT2D eigenvalue weighted by Gasteiger charge is -2.16. The molecule has 0 fully saturated rings. The normalized spacial score (nSPS) is 12.6. The third-order valence-corrected chi connectivity index (χ3v) is 2.91. The standard InChI is InChI=1S/C11H15Cl2NO/c1-3-10(14)7-5-8(12)9(13)6-11(7)15-4-2/h5-6,10H,3-4,14H2,1-2H3. The Hall–Kier alpha value is -0.440. The molecule has 0 aliphatic heterocycles. The fourth-order valence-electron chi connectivity index (χ4n) is 1.33. The molecule has 0 aromatic heterocycles. The predicted octanol–water partition coefficient (Wildman–Crippen LogP) is 3.80. The average Bonchev–Trinajstić information content (AvgIpc) is 2.22. The largest absolute Gasteiger partial charge is 0.493 e. The second-order valence-electron chi connectivity index (χ2n) is 3.25. The molecule has 0 amide bonds. The van der Waals surface area contributed by atoms with Crippen molar-refractivity contribution in [3.05, 3.63) is 27.7 Å². The maximum atomic E-state index is 5.96. The fraction of sp³-hybridized carbons (Fsp3) is 0.455. The lowest BCUT2D eigenvalue weighted by atomic mass is 10.0. The summed E-state index contributed by atoms with van der Waals surface area (Å²) in [5.74, 6) is 0.723. The highest BCUT2D eigenvalue weighted by Gasteiger charge is 2.13. The minimum absolute atomic E-state index is 0.0682. The minimum atomic E-state index is -0.0682. The molecule has 15 heavy (non-hydrogen) atoms. The van der Waals surface area contributed by atoms with E-state index in [1.54, 1.807) is 12.1 Å². The SMILES string of the molecule is CCOc1cc(Cl)c(Cl)cc1C(N)CC. The van der Waals surface area contributed by atoms with E-state index < -0.39 is 0 Å². The minimum Gasteiger partial charge on any atom is -0.493 e. The van der Waals surface area contributed by atoms with E-state index in [0.29, 0.717) is 16.7 Å². The molecule has 0 radical (unpaired) electrons. The van der Waals surface area contributed by atoms with Crippen molar-refractivity contribution >= 4 is 23.2 Å². The van der Waals surface area contributed by atoms with Gasteiger partial charge in [-0.3, -0.25) is 0 Å². The third-order valence-electron chi connectivity index (χ3n) is 2.19. The molecule has 0 heterocycles. The molecule has 2 N–H and O–H groups in total. The van der Waals surface area contributed by atoms with Crippen LogP contribution in [-0.4, -0.2) is 6.61 Å². The van der Waals surface area contributed by atoms with Gasteiger partial charge in [0.1, 0.15) is 5.75 Å². The lowest BCUT2D eigenvalue weighted by molar-refractivity contribution is 0.334. The molecular weight excluding hydrogens is 233 g/mol. The first-order chi connectivity index (χ1) is 7.10. The van der Waals surface area contributed by atoms with E-state index in [9.17, 15) is 0 Å². The molecule has 0 aliphatic carbocycles. The molecule has 0 bridgehead atoms. The molecule has 0 saturated heterocycles. The second-order valence-corrected chi connectivity index (χ2v) is 4.07. The van der Waals surface area contributed by atoms with Crippen molar-refractivity contribution in [1.29, 1.82) is 0 Å². The third kappa shape index (κ3) is 3.00. The number of hydrogen-bond acceptors (Lipinski definition) is 2. The summed E-state index contributed by atoms with van der Waals surface area (Å²) < 4.78 is 5.47. The van der Waals surface area contributed by atoms with Gasteiger partial charge in [-0.1, -0.05) is 30.1 Å². The van der Waals surface area contributed by atoms with Crippen LogP contribution in [-0.2, 0) is 0 Å². The van der Waals surface area contributed by atoms with Crippen LogP contribution >= 0.6 is 23.2 Å². The highest BCUT2D eigenvalue weighted by Crippen LogP contribution is 2.34. The molecule has 84 valence electrons. The molecule has 1 aromatic carbocycles. The van der Waals surface area contributed by atoms with Crippen molar-refractivity contribution in [1.82, 2.24) is 0 Å². The molecule has 2 nitrogen and oxygen atoms in total. The molecule has 1 atom stereocenters. The van der Waals surface area contributed by atoms with E-state index in [0.717, 1.165) is 17.7 Å². The van der Waals surface area contributed by atoms with Gasteiger partial charge < -0.3 is 10.5 Å². The first-order valence-electron chi connectivity index (χ1n) is 4.97. The molecule has 1 aromatic rings. The Bertz CT molecular complexity index is 342. The Morgan fingerprint density at radius 2 is 1.87 bits per heavy atom. The lowest BCUT2D eigenvalue weighted by Crippen LogP contribution is -2.11. The van der Waals surface area contributed by atoms with Gasteiger partial charge in [-0.05, 0) is 19.4 Å². The molecule has 1 rings (SSSR count). The number of nitrogens with two attached hydrogens (primary N) is 1. The molecular formula is C11H15Cl2NO. The number of benzene rings is 1. The summed E-state index contributed by atoms with van der Waals surface area (Å²) in [5.41, 5.74) is 6.87. The Kier molecular flexibility index (Phi) is 4.71. The quantitative estimate of drug-likeness (QED) is 0.879. The molecule has 4 heteroatoms. The van der Waals surface area contributed by atoms with Crippen LogP contribution in [0.15, 0.2) is 12.1 Å². The summed E-state index contributed by atoms with van der Waals surface area (Å²) in [6.45, 7) is 4.52. The van der Waals surface area contributed by atoms with E-state index in [1.165, 1.54) is 0 Å². The summed E-state index contributed by atoms with van der Waals surface area (Å²) in [6.07, 6.45) is 0.831. The van der Waals surface area contributed by atoms with Gasteiger partial charge in [0.2, 0.25) is 0 Å². The van der Waals surface area contributed by atoms with E-state index >= 15 is 0 Å². The van der Waals surface area contributed by atoms with Gasteiger partial charge in [0.05, 0.1) is 16.7 Å². The van der Waals surface area contributed by atoms with E-state index in [-0.39, 0.29) is 6.04 Å². The Morgan fingerprint density at radius 3 is 2.40 bits per heavy atom. The summed E-state index contributed by atoms with van der Waals surface area (Å²) in [7, 11) is 0. The van der Waals surface area contributed by atoms with Crippen LogP contribution in [0.3, 0.4) is 0 Å². The molecule has 0 saturated carbocycles. The van der Waals surface area contributed by atoms with E-state index in [4.69, 9.17) is 33.7 Å². The zero-order valence-electron chi connectivity index (χ0n) is 8.89. The first kappa shape index (κ1) is 12.6. The van der Waals surface area contributed by atoms with Gasteiger partial charge in [-0.25, -0.2) is 0 Å². The zero-order valence-corrected chi connectivity index (χ0v) is 10.4.